The summed E-state index contributed by atoms with van der Waals surface area (Å²) in [4.78, 5) is 2.62. The third-order valence-electron chi connectivity index (χ3n) is 3.19. The summed E-state index contributed by atoms with van der Waals surface area (Å²) in [6.07, 6.45) is 3.78. The lowest BCUT2D eigenvalue weighted by Crippen LogP contribution is -2.38. The zero-order chi connectivity index (χ0) is 9.90. The fourth-order valence-electron chi connectivity index (χ4n) is 2.55. The SMILES string of the molecule is CCCN1CC(CCN)CC1(C)C. The minimum absolute atomic E-state index is 0.413. The quantitative estimate of drug-likeness (QED) is 0.722. The van der Waals surface area contributed by atoms with E-state index in [2.05, 4.69) is 25.7 Å². The van der Waals surface area contributed by atoms with Crippen molar-refractivity contribution in [3.63, 3.8) is 0 Å². The fraction of sp³-hybridized carbons (Fsp3) is 1.00. The smallest absolute Gasteiger partial charge is 0.0156 e. The van der Waals surface area contributed by atoms with Crippen molar-refractivity contribution in [3.05, 3.63) is 0 Å². The van der Waals surface area contributed by atoms with Crippen LogP contribution in [0.1, 0.15) is 40.0 Å². The van der Waals surface area contributed by atoms with E-state index < -0.39 is 0 Å². The highest BCUT2D eigenvalue weighted by molar-refractivity contribution is 4.92. The van der Waals surface area contributed by atoms with Gasteiger partial charge in [-0.15, -0.1) is 0 Å². The Hall–Kier alpha value is -0.0800. The molecule has 0 spiro atoms. The third-order valence-corrected chi connectivity index (χ3v) is 3.19. The van der Waals surface area contributed by atoms with Gasteiger partial charge in [0.05, 0.1) is 0 Å². The Balaban J connectivity index is 2.47. The van der Waals surface area contributed by atoms with E-state index in [1.807, 2.05) is 0 Å². The fourth-order valence-corrected chi connectivity index (χ4v) is 2.55. The van der Waals surface area contributed by atoms with Crippen molar-refractivity contribution in [2.45, 2.75) is 45.6 Å². The molecule has 1 aliphatic rings. The monoisotopic (exact) mass is 184 g/mol. The summed E-state index contributed by atoms with van der Waals surface area (Å²) in [6, 6.07) is 0. The maximum absolute atomic E-state index is 5.60. The molecule has 2 heteroatoms. The molecule has 0 aromatic rings. The summed E-state index contributed by atoms with van der Waals surface area (Å²) in [6.45, 7) is 10.3. The summed E-state index contributed by atoms with van der Waals surface area (Å²) in [5.41, 5.74) is 6.01. The van der Waals surface area contributed by atoms with E-state index in [1.165, 1.54) is 32.4 Å². The van der Waals surface area contributed by atoms with Crippen LogP contribution >= 0.6 is 0 Å². The molecule has 2 N–H and O–H groups in total. The van der Waals surface area contributed by atoms with E-state index in [-0.39, 0.29) is 0 Å². The van der Waals surface area contributed by atoms with Crippen molar-refractivity contribution in [1.29, 1.82) is 0 Å². The molecule has 0 aliphatic carbocycles. The Morgan fingerprint density at radius 3 is 2.69 bits per heavy atom. The molecular weight excluding hydrogens is 160 g/mol. The van der Waals surface area contributed by atoms with E-state index in [1.54, 1.807) is 0 Å². The number of hydrogen-bond acceptors (Lipinski definition) is 2. The predicted molar refractivity (Wildman–Crippen MR) is 57.7 cm³/mol. The summed E-state index contributed by atoms with van der Waals surface area (Å²) >= 11 is 0. The van der Waals surface area contributed by atoms with E-state index in [9.17, 15) is 0 Å². The van der Waals surface area contributed by atoms with Gasteiger partial charge in [-0.1, -0.05) is 6.92 Å². The molecule has 1 heterocycles. The predicted octanol–water partition coefficient (Wildman–Crippen LogP) is 1.85. The molecule has 1 rings (SSSR count). The van der Waals surface area contributed by atoms with Crippen LogP contribution in [0.15, 0.2) is 0 Å². The van der Waals surface area contributed by atoms with Gasteiger partial charge in [-0.25, -0.2) is 0 Å². The van der Waals surface area contributed by atoms with Crippen molar-refractivity contribution in [2.24, 2.45) is 11.7 Å². The molecule has 0 amide bonds. The second-order valence-electron chi connectivity index (χ2n) is 4.91. The lowest BCUT2D eigenvalue weighted by molar-refractivity contribution is 0.175. The molecule has 0 bridgehead atoms. The number of rotatable bonds is 4. The van der Waals surface area contributed by atoms with Crippen LogP contribution in [0.5, 0.6) is 0 Å². The highest BCUT2D eigenvalue weighted by Gasteiger charge is 2.36. The van der Waals surface area contributed by atoms with Gasteiger partial charge >= 0.3 is 0 Å². The lowest BCUT2D eigenvalue weighted by Gasteiger charge is -2.30. The first-order chi connectivity index (χ1) is 6.10. The Morgan fingerprint density at radius 1 is 1.46 bits per heavy atom. The standard InChI is InChI=1S/C11H24N2/c1-4-7-13-9-10(5-6-12)8-11(13,2)3/h10H,4-9,12H2,1-3H3. The molecule has 2 nitrogen and oxygen atoms in total. The van der Waals surface area contributed by atoms with Gasteiger partial charge in [0.25, 0.3) is 0 Å². The topological polar surface area (TPSA) is 29.3 Å². The minimum atomic E-state index is 0.413. The molecule has 1 saturated heterocycles. The Kier molecular flexibility index (Phi) is 3.74. The molecule has 0 aromatic heterocycles. The third kappa shape index (κ3) is 2.68. The summed E-state index contributed by atoms with van der Waals surface area (Å²) in [7, 11) is 0. The van der Waals surface area contributed by atoms with Gasteiger partial charge in [-0.2, -0.15) is 0 Å². The minimum Gasteiger partial charge on any atom is -0.330 e. The van der Waals surface area contributed by atoms with Crippen LogP contribution < -0.4 is 5.73 Å². The second kappa shape index (κ2) is 4.43. The number of likely N-dealkylation sites (tertiary alicyclic amines) is 1. The van der Waals surface area contributed by atoms with E-state index in [0.29, 0.717) is 5.54 Å². The van der Waals surface area contributed by atoms with Crippen molar-refractivity contribution >= 4 is 0 Å². The van der Waals surface area contributed by atoms with Crippen LogP contribution in [-0.4, -0.2) is 30.1 Å². The van der Waals surface area contributed by atoms with Gasteiger partial charge in [0.15, 0.2) is 0 Å². The first-order valence-electron chi connectivity index (χ1n) is 5.55. The summed E-state index contributed by atoms with van der Waals surface area (Å²) in [5.74, 6) is 0.839. The van der Waals surface area contributed by atoms with Gasteiger partial charge in [-0.3, -0.25) is 4.90 Å². The van der Waals surface area contributed by atoms with Crippen LogP contribution in [-0.2, 0) is 0 Å². The Bertz CT molecular complexity index is 154. The molecule has 0 saturated carbocycles. The highest BCUT2D eigenvalue weighted by Crippen LogP contribution is 2.33. The lowest BCUT2D eigenvalue weighted by atomic mass is 9.94. The Labute approximate surface area is 82.5 Å². The van der Waals surface area contributed by atoms with Crippen molar-refractivity contribution in [3.8, 4) is 0 Å². The average Bonchev–Trinajstić information content (AvgIpc) is 2.28. The number of hydrogen-bond donors (Lipinski definition) is 1. The molecule has 0 aromatic carbocycles. The van der Waals surface area contributed by atoms with E-state index in [0.717, 1.165) is 12.5 Å². The molecule has 1 unspecified atom stereocenters. The van der Waals surface area contributed by atoms with Crippen LogP contribution in [0.25, 0.3) is 0 Å². The molecule has 1 atom stereocenters. The first-order valence-corrected chi connectivity index (χ1v) is 5.55. The van der Waals surface area contributed by atoms with Crippen LogP contribution in [0.3, 0.4) is 0 Å². The molecule has 0 radical (unpaired) electrons. The highest BCUT2D eigenvalue weighted by atomic mass is 15.2. The maximum Gasteiger partial charge on any atom is 0.0156 e. The van der Waals surface area contributed by atoms with E-state index >= 15 is 0 Å². The van der Waals surface area contributed by atoms with Gasteiger partial charge in [0, 0.05) is 12.1 Å². The van der Waals surface area contributed by atoms with Gasteiger partial charge in [-0.05, 0) is 52.1 Å². The normalized spacial score (nSPS) is 28.2. The van der Waals surface area contributed by atoms with Crippen molar-refractivity contribution in [1.82, 2.24) is 4.90 Å². The maximum atomic E-state index is 5.60. The summed E-state index contributed by atoms with van der Waals surface area (Å²) in [5, 5.41) is 0. The van der Waals surface area contributed by atoms with Crippen LogP contribution in [0.4, 0.5) is 0 Å². The number of nitrogens with zero attached hydrogens (tertiary/aromatic N) is 1. The van der Waals surface area contributed by atoms with Crippen molar-refractivity contribution < 1.29 is 0 Å². The van der Waals surface area contributed by atoms with E-state index in [4.69, 9.17) is 5.73 Å². The van der Waals surface area contributed by atoms with Crippen LogP contribution in [0, 0.1) is 5.92 Å². The molecular formula is C11H24N2. The van der Waals surface area contributed by atoms with Gasteiger partial charge < -0.3 is 5.73 Å². The zero-order valence-corrected chi connectivity index (χ0v) is 9.34. The first kappa shape index (κ1) is 11.0. The van der Waals surface area contributed by atoms with Gasteiger partial charge in [0.1, 0.15) is 0 Å². The molecule has 1 aliphatic heterocycles. The van der Waals surface area contributed by atoms with Crippen molar-refractivity contribution in [2.75, 3.05) is 19.6 Å². The second-order valence-corrected chi connectivity index (χ2v) is 4.91. The molecule has 1 fully saturated rings. The van der Waals surface area contributed by atoms with Gasteiger partial charge in [0.2, 0.25) is 0 Å². The zero-order valence-electron chi connectivity index (χ0n) is 9.34. The number of nitrogens with two attached hydrogens (primary N) is 1. The summed E-state index contributed by atoms with van der Waals surface area (Å²) < 4.78 is 0. The Morgan fingerprint density at radius 2 is 2.15 bits per heavy atom. The largest absolute Gasteiger partial charge is 0.330 e. The molecule has 78 valence electrons. The average molecular weight is 184 g/mol. The molecule has 13 heavy (non-hydrogen) atoms. The van der Waals surface area contributed by atoms with Crippen LogP contribution in [0.2, 0.25) is 0 Å².